The number of amides is 1. The van der Waals surface area contributed by atoms with Gasteiger partial charge in [0.15, 0.2) is 6.29 Å². The number of para-hydroxylation sites is 1. The molecule has 8 heteroatoms. The highest BCUT2D eigenvalue weighted by molar-refractivity contribution is 7.91. The number of ether oxygens (including phenoxy) is 2. The van der Waals surface area contributed by atoms with Crippen LogP contribution < -0.4 is 5.32 Å². The minimum atomic E-state index is -3.71. The molecule has 0 atom stereocenters. The van der Waals surface area contributed by atoms with Gasteiger partial charge in [0.05, 0.1) is 16.3 Å². The van der Waals surface area contributed by atoms with Crippen molar-refractivity contribution in [1.82, 2.24) is 9.88 Å². The lowest BCUT2D eigenvalue weighted by atomic mass is 10.2. The lowest BCUT2D eigenvalue weighted by Crippen LogP contribution is -2.35. The molecule has 1 heterocycles. The van der Waals surface area contributed by atoms with Crippen LogP contribution >= 0.6 is 0 Å². The van der Waals surface area contributed by atoms with Crippen LogP contribution in [-0.4, -0.2) is 45.9 Å². The number of rotatable bonds is 8. The Morgan fingerprint density at radius 3 is 2.36 bits per heavy atom. The molecule has 0 aliphatic rings. The van der Waals surface area contributed by atoms with Gasteiger partial charge in [0.1, 0.15) is 6.54 Å². The van der Waals surface area contributed by atoms with E-state index in [9.17, 15) is 13.2 Å². The van der Waals surface area contributed by atoms with Crippen LogP contribution in [0.3, 0.4) is 0 Å². The summed E-state index contributed by atoms with van der Waals surface area (Å²) in [6.45, 7) is 0.172. The van der Waals surface area contributed by atoms with Gasteiger partial charge in [0.2, 0.25) is 15.7 Å². The smallest absolute Gasteiger partial charge is 0.240 e. The van der Waals surface area contributed by atoms with Gasteiger partial charge in [0, 0.05) is 31.3 Å². The molecule has 28 heavy (non-hydrogen) atoms. The quantitative estimate of drug-likeness (QED) is 0.584. The summed E-state index contributed by atoms with van der Waals surface area (Å²) in [6.07, 6.45) is 0.968. The Labute approximate surface area is 163 Å². The first kappa shape index (κ1) is 20.1. The number of nitrogens with zero attached hydrogens (tertiary/aromatic N) is 1. The Hall–Kier alpha value is -2.68. The van der Waals surface area contributed by atoms with Gasteiger partial charge < -0.3 is 19.4 Å². The van der Waals surface area contributed by atoms with Gasteiger partial charge in [-0.1, -0.05) is 36.4 Å². The minimum absolute atomic E-state index is 0.0228. The number of aromatic nitrogens is 1. The maximum atomic E-state index is 13.1. The third kappa shape index (κ3) is 4.09. The summed E-state index contributed by atoms with van der Waals surface area (Å²) in [7, 11) is -0.734. The average molecular weight is 402 g/mol. The number of hydrogen-bond acceptors (Lipinski definition) is 5. The molecule has 0 fully saturated rings. The van der Waals surface area contributed by atoms with Crippen molar-refractivity contribution in [3.8, 4) is 0 Å². The lowest BCUT2D eigenvalue weighted by Gasteiger charge is -2.14. The van der Waals surface area contributed by atoms with Gasteiger partial charge in [-0.2, -0.15) is 0 Å². The molecule has 3 aromatic rings. The Bertz CT molecular complexity index is 1060. The molecule has 3 rings (SSSR count). The maximum absolute atomic E-state index is 13.1. The molecule has 1 amide bonds. The number of carbonyl (C=O) groups excluding carboxylic acids is 1. The molecule has 0 unspecified atom stereocenters. The molecule has 0 radical (unpaired) electrons. The van der Waals surface area contributed by atoms with E-state index >= 15 is 0 Å². The molecule has 2 aromatic carbocycles. The van der Waals surface area contributed by atoms with Crippen molar-refractivity contribution in [3.63, 3.8) is 0 Å². The number of methoxy groups -OCH3 is 2. The first-order valence-electron chi connectivity index (χ1n) is 8.67. The van der Waals surface area contributed by atoms with Gasteiger partial charge in [0.25, 0.3) is 0 Å². The molecule has 0 bridgehead atoms. The van der Waals surface area contributed by atoms with Crippen molar-refractivity contribution in [3.05, 3.63) is 60.8 Å². The zero-order valence-corrected chi connectivity index (χ0v) is 16.5. The summed E-state index contributed by atoms with van der Waals surface area (Å²) in [5.74, 6) is -0.275. The van der Waals surface area contributed by atoms with E-state index < -0.39 is 16.1 Å². The van der Waals surface area contributed by atoms with Crippen molar-refractivity contribution in [2.45, 2.75) is 22.6 Å². The van der Waals surface area contributed by atoms with Crippen LogP contribution in [0.1, 0.15) is 0 Å². The topological polar surface area (TPSA) is 86.6 Å². The summed E-state index contributed by atoms with van der Waals surface area (Å²) < 4.78 is 37.9. The van der Waals surface area contributed by atoms with Crippen molar-refractivity contribution in [1.29, 1.82) is 0 Å². The molecule has 0 aliphatic carbocycles. The van der Waals surface area contributed by atoms with E-state index in [2.05, 4.69) is 5.32 Å². The summed E-state index contributed by atoms with van der Waals surface area (Å²) >= 11 is 0. The number of benzene rings is 2. The number of sulfone groups is 1. The van der Waals surface area contributed by atoms with Crippen LogP contribution in [0.2, 0.25) is 0 Å². The van der Waals surface area contributed by atoms with Gasteiger partial charge in [-0.3, -0.25) is 4.79 Å². The van der Waals surface area contributed by atoms with Gasteiger partial charge in [-0.25, -0.2) is 8.42 Å². The zero-order chi connectivity index (χ0) is 20.1. The molecule has 1 aromatic heterocycles. The summed E-state index contributed by atoms with van der Waals surface area (Å²) in [6, 6.07) is 15.4. The van der Waals surface area contributed by atoms with Crippen LogP contribution in [0, 0.1) is 0 Å². The first-order chi connectivity index (χ1) is 13.5. The van der Waals surface area contributed by atoms with E-state index in [0.29, 0.717) is 10.9 Å². The molecular formula is C20H22N2O5S. The number of fused-ring (bicyclic) bond motifs is 1. The second-order valence-corrected chi connectivity index (χ2v) is 8.08. The van der Waals surface area contributed by atoms with Crippen molar-refractivity contribution in [2.75, 3.05) is 20.8 Å². The third-order valence-corrected chi connectivity index (χ3v) is 6.20. The normalized spacial score (nSPS) is 11.8. The molecule has 0 saturated carbocycles. The minimum Gasteiger partial charge on any atom is -0.354 e. The first-order valence-corrected chi connectivity index (χ1v) is 10.2. The van der Waals surface area contributed by atoms with Crippen LogP contribution in [0.15, 0.2) is 70.6 Å². The SMILES string of the molecule is COC(CNC(=O)Cn1cc(S(=O)(=O)c2ccccc2)c2ccccc21)OC. The maximum Gasteiger partial charge on any atom is 0.240 e. The lowest BCUT2D eigenvalue weighted by molar-refractivity contribution is -0.127. The predicted octanol–water partition coefficient (Wildman–Crippen LogP) is 2.21. The van der Waals surface area contributed by atoms with Gasteiger partial charge in [-0.15, -0.1) is 0 Å². The highest BCUT2D eigenvalue weighted by Crippen LogP contribution is 2.30. The van der Waals surface area contributed by atoms with Crippen molar-refractivity contribution < 1.29 is 22.7 Å². The van der Waals surface area contributed by atoms with Crippen molar-refractivity contribution >= 4 is 26.6 Å². The highest BCUT2D eigenvalue weighted by Gasteiger charge is 2.23. The number of carbonyl (C=O) groups is 1. The standard InChI is InChI=1S/C20H22N2O5S/c1-26-20(27-2)12-21-19(23)14-22-13-18(16-10-6-7-11-17(16)22)28(24,25)15-8-4-3-5-9-15/h3-11,13,20H,12,14H2,1-2H3,(H,21,23). The zero-order valence-electron chi connectivity index (χ0n) is 15.7. The largest absolute Gasteiger partial charge is 0.354 e. The van der Waals surface area contributed by atoms with Crippen LogP contribution in [0.4, 0.5) is 0 Å². The molecule has 0 saturated heterocycles. The summed E-state index contributed by atoms with van der Waals surface area (Å²) in [4.78, 5) is 12.7. The summed E-state index contributed by atoms with van der Waals surface area (Å²) in [5.41, 5.74) is 0.669. The van der Waals surface area contributed by atoms with E-state index in [1.54, 1.807) is 53.1 Å². The Kier molecular flexibility index (Phi) is 6.13. The Morgan fingerprint density at radius 1 is 1.04 bits per heavy atom. The van der Waals surface area contributed by atoms with Crippen LogP contribution in [-0.2, 0) is 30.7 Å². The monoisotopic (exact) mass is 402 g/mol. The van der Waals surface area contributed by atoms with E-state index in [-0.39, 0.29) is 28.8 Å². The van der Waals surface area contributed by atoms with E-state index in [0.717, 1.165) is 0 Å². The molecule has 7 nitrogen and oxygen atoms in total. The predicted molar refractivity (Wildman–Crippen MR) is 105 cm³/mol. The number of nitrogens with one attached hydrogen (secondary N) is 1. The van der Waals surface area contributed by atoms with Crippen LogP contribution in [0.5, 0.6) is 0 Å². The second-order valence-electron chi connectivity index (χ2n) is 6.16. The molecule has 148 valence electrons. The second kappa shape index (κ2) is 8.55. The van der Waals surface area contributed by atoms with E-state index in [1.807, 2.05) is 6.07 Å². The molecule has 0 aliphatic heterocycles. The van der Waals surface area contributed by atoms with Crippen LogP contribution in [0.25, 0.3) is 10.9 Å². The fraction of sp³-hybridized carbons (Fsp3) is 0.250. The van der Waals surface area contributed by atoms with E-state index in [1.165, 1.54) is 20.4 Å². The van der Waals surface area contributed by atoms with Crippen molar-refractivity contribution in [2.24, 2.45) is 0 Å². The fourth-order valence-electron chi connectivity index (χ4n) is 2.96. The third-order valence-electron chi connectivity index (χ3n) is 4.40. The fourth-order valence-corrected chi connectivity index (χ4v) is 4.45. The highest BCUT2D eigenvalue weighted by atomic mass is 32.2. The average Bonchev–Trinajstić information content (AvgIpc) is 3.09. The Balaban J connectivity index is 1.92. The molecule has 0 spiro atoms. The van der Waals surface area contributed by atoms with Gasteiger partial charge >= 0.3 is 0 Å². The Morgan fingerprint density at radius 2 is 1.68 bits per heavy atom. The summed E-state index contributed by atoms with van der Waals surface area (Å²) in [5, 5.41) is 3.29. The molecular weight excluding hydrogens is 380 g/mol. The molecule has 1 N–H and O–H groups in total. The number of hydrogen-bond donors (Lipinski definition) is 1. The van der Waals surface area contributed by atoms with Gasteiger partial charge in [-0.05, 0) is 18.2 Å². The van der Waals surface area contributed by atoms with E-state index in [4.69, 9.17) is 9.47 Å².